The average Bonchev–Trinajstić information content (AvgIpc) is 2.72. The Balaban J connectivity index is 1.58. The zero-order valence-electron chi connectivity index (χ0n) is 16.8. The van der Waals surface area contributed by atoms with E-state index >= 15 is 0 Å². The number of unbranched alkanes of at least 4 members (excludes halogenated alkanes) is 6. The van der Waals surface area contributed by atoms with Gasteiger partial charge in [0.15, 0.2) is 0 Å². The van der Waals surface area contributed by atoms with E-state index in [1.165, 1.54) is 56.1 Å². The van der Waals surface area contributed by atoms with Gasteiger partial charge in [0.25, 0.3) is 0 Å². The monoisotopic (exact) mass is 374 g/mol. The number of benzene rings is 3. The van der Waals surface area contributed by atoms with Crippen LogP contribution >= 0.6 is 0 Å². The van der Waals surface area contributed by atoms with Crippen molar-refractivity contribution in [1.29, 1.82) is 0 Å². The summed E-state index contributed by atoms with van der Waals surface area (Å²) in [5.74, 6) is -0.887. The summed E-state index contributed by atoms with van der Waals surface area (Å²) in [5.41, 5.74) is 4.10. The van der Waals surface area contributed by atoms with Crippen molar-refractivity contribution in [3.8, 4) is 11.1 Å². The standard InChI is InChI=1S/C26H30O2/c1-2-3-4-5-6-7-8-9-20-10-12-21(13-11-20)22-14-15-24-19-25(26(27)28)17-16-23(24)18-22/h10-19H,2-9H2,1H3,(H,27,28). The summed E-state index contributed by atoms with van der Waals surface area (Å²) >= 11 is 0. The van der Waals surface area contributed by atoms with E-state index < -0.39 is 5.97 Å². The van der Waals surface area contributed by atoms with E-state index in [4.69, 9.17) is 5.11 Å². The molecular weight excluding hydrogens is 344 g/mol. The molecule has 0 fully saturated rings. The number of carboxylic acids is 1. The number of rotatable bonds is 10. The van der Waals surface area contributed by atoms with Crippen LogP contribution in [-0.4, -0.2) is 11.1 Å². The minimum atomic E-state index is -0.887. The fourth-order valence-electron chi connectivity index (χ4n) is 3.71. The SMILES string of the molecule is CCCCCCCCCc1ccc(-c2ccc3cc(C(=O)O)ccc3c2)cc1. The Morgan fingerprint density at radius 2 is 1.32 bits per heavy atom. The molecule has 0 saturated heterocycles. The van der Waals surface area contributed by atoms with Crippen molar-refractivity contribution in [2.45, 2.75) is 58.3 Å². The normalized spacial score (nSPS) is 11.0. The summed E-state index contributed by atoms with van der Waals surface area (Å²) in [7, 11) is 0. The Labute approximate surface area is 168 Å². The molecule has 146 valence electrons. The van der Waals surface area contributed by atoms with Gasteiger partial charge >= 0.3 is 5.97 Å². The van der Waals surface area contributed by atoms with E-state index in [9.17, 15) is 4.79 Å². The lowest BCUT2D eigenvalue weighted by atomic mass is 9.98. The summed E-state index contributed by atoms with van der Waals surface area (Å²) in [6.07, 6.45) is 10.6. The highest BCUT2D eigenvalue weighted by Gasteiger charge is 2.05. The number of fused-ring (bicyclic) bond motifs is 1. The lowest BCUT2D eigenvalue weighted by molar-refractivity contribution is 0.0697. The second-order valence-electron chi connectivity index (χ2n) is 7.65. The minimum Gasteiger partial charge on any atom is -0.478 e. The maximum absolute atomic E-state index is 11.1. The first-order valence-corrected chi connectivity index (χ1v) is 10.5. The van der Waals surface area contributed by atoms with Gasteiger partial charge in [-0.25, -0.2) is 4.79 Å². The summed E-state index contributed by atoms with van der Waals surface area (Å²) < 4.78 is 0. The first-order chi connectivity index (χ1) is 13.7. The Hall–Kier alpha value is -2.61. The number of aromatic carboxylic acids is 1. The highest BCUT2D eigenvalue weighted by Crippen LogP contribution is 2.26. The van der Waals surface area contributed by atoms with Crippen LogP contribution in [0.4, 0.5) is 0 Å². The molecule has 1 N–H and O–H groups in total. The third-order valence-electron chi connectivity index (χ3n) is 5.44. The lowest BCUT2D eigenvalue weighted by Crippen LogP contribution is -1.95. The van der Waals surface area contributed by atoms with Crippen molar-refractivity contribution < 1.29 is 9.90 Å². The van der Waals surface area contributed by atoms with Crippen LogP contribution in [0, 0.1) is 0 Å². The van der Waals surface area contributed by atoms with Gasteiger partial charge in [-0.15, -0.1) is 0 Å². The fraction of sp³-hybridized carbons (Fsp3) is 0.346. The van der Waals surface area contributed by atoms with E-state index in [0.717, 1.165) is 22.8 Å². The summed E-state index contributed by atoms with van der Waals surface area (Å²) in [5, 5.41) is 11.2. The smallest absolute Gasteiger partial charge is 0.335 e. The van der Waals surface area contributed by atoms with Gasteiger partial charge in [-0.2, -0.15) is 0 Å². The van der Waals surface area contributed by atoms with Gasteiger partial charge in [0, 0.05) is 0 Å². The number of aryl methyl sites for hydroxylation is 1. The molecule has 0 aliphatic carbocycles. The molecule has 0 bridgehead atoms. The quantitative estimate of drug-likeness (QED) is 0.373. The minimum absolute atomic E-state index is 0.329. The van der Waals surface area contributed by atoms with Crippen LogP contribution in [0.3, 0.4) is 0 Å². The lowest BCUT2D eigenvalue weighted by Gasteiger charge is -2.07. The van der Waals surface area contributed by atoms with Crippen LogP contribution in [0.1, 0.15) is 67.8 Å². The van der Waals surface area contributed by atoms with Gasteiger partial charge in [0.1, 0.15) is 0 Å². The second kappa shape index (κ2) is 10.1. The van der Waals surface area contributed by atoms with Crippen molar-refractivity contribution in [1.82, 2.24) is 0 Å². The Bertz CT molecular complexity index is 909. The van der Waals surface area contributed by atoms with Crippen molar-refractivity contribution in [3.63, 3.8) is 0 Å². The maximum Gasteiger partial charge on any atom is 0.335 e. The zero-order chi connectivity index (χ0) is 19.8. The molecule has 0 saturated carbocycles. The molecule has 3 aromatic rings. The molecule has 0 aliphatic heterocycles. The van der Waals surface area contributed by atoms with Gasteiger partial charge < -0.3 is 5.11 Å². The Kier molecular flexibility index (Phi) is 7.25. The molecule has 0 unspecified atom stereocenters. The predicted molar refractivity (Wildman–Crippen MR) is 118 cm³/mol. The van der Waals surface area contributed by atoms with Gasteiger partial charge in [-0.3, -0.25) is 0 Å². The number of carboxylic acid groups (broad SMARTS) is 1. The molecule has 3 rings (SSSR count). The van der Waals surface area contributed by atoms with Crippen LogP contribution in [0.25, 0.3) is 21.9 Å². The molecule has 0 aliphatic rings. The van der Waals surface area contributed by atoms with Crippen molar-refractivity contribution >= 4 is 16.7 Å². The first-order valence-electron chi connectivity index (χ1n) is 10.5. The van der Waals surface area contributed by atoms with Crippen molar-refractivity contribution in [2.75, 3.05) is 0 Å². The van der Waals surface area contributed by atoms with Gasteiger partial charge in [-0.1, -0.05) is 87.9 Å². The highest BCUT2D eigenvalue weighted by molar-refractivity contribution is 5.95. The fourth-order valence-corrected chi connectivity index (χ4v) is 3.71. The summed E-state index contributed by atoms with van der Waals surface area (Å²) in [6, 6.07) is 20.4. The number of hydrogen-bond donors (Lipinski definition) is 1. The van der Waals surface area contributed by atoms with E-state index in [0.29, 0.717) is 5.56 Å². The Morgan fingerprint density at radius 3 is 2.04 bits per heavy atom. The van der Waals surface area contributed by atoms with Gasteiger partial charge in [0.05, 0.1) is 5.56 Å². The molecule has 3 aromatic carbocycles. The molecule has 0 heterocycles. The number of hydrogen-bond acceptors (Lipinski definition) is 1. The molecule has 0 atom stereocenters. The Morgan fingerprint density at radius 1 is 0.714 bits per heavy atom. The average molecular weight is 375 g/mol. The van der Waals surface area contributed by atoms with Crippen molar-refractivity contribution in [3.05, 3.63) is 71.8 Å². The third-order valence-corrected chi connectivity index (χ3v) is 5.44. The molecule has 28 heavy (non-hydrogen) atoms. The predicted octanol–water partition coefficient (Wildman–Crippen LogP) is 7.50. The van der Waals surface area contributed by atoms with E-state index in [-0.39, 0.29) is 0 Å². The molecular formula is C26H30O2. The first kappa shape index (κ1) is 20.1. The van der Waals surface area contributed by atoms with Crippen LogP contribution in [-0.2, 0) is 6.42 Å². The van der Waals surface area contributed by atoms with E-state index in [2.05, 4.69) is 43.3 Å². The summed E-state index contributed by atoms with van der Waals surface area (Å²) in [4.78, 5) is 11.1. The van der Waals surface area contributed by atoms with E-state index in [1.807, 2.05) is 12.1 Å². The highest BCUT2D eigenvalue weighted by atomic mass is 16.4. The molecule has 0 radical (unpaired) electrons. The van der Waals surface area contributed by atoms with E-state index in [1.54, 1.807) is 12.1 Å². The topological polar surface area (TPSA) is 37.3 Å². The molecule has 0 spiro atoms. The van der Waals surface area contributed by atoms with Crippen LogP contribution < -0.4 is 0 Å². The maximum atomic E-state index is 11.1. The summed E-state index contributed by atoms with van der Waals surface area (Å²) in [6.45, 7) is 2.26. The molecule has 0 amide bonds. The number of carbonyl (C=O) groups is 1. The molecule has 2 heteroatoms. The van der Waals surface area contributed by atoms with Crippen LogP contribution in [0.15, 0.2) is 60.7 Å². The van der Waals surface area contributed by atoms with Gasteiger partial charge in [0.2, 0.25) is 0 Å². The molecule has 0 aromatic heterocycles. The van der Waals surface area contributed by atoms with Crippen LogP contribution in [0.2, 0.25) is 0 Å². The molecule has 2 nitrogen and oxygen atoms in total. The third kappa shape index (κ3) is 5.45. The second-order valence-corrected chi connectivity index (χ2v) is 7.65. The largest absolute Gasteiger partial charge is 0.478 e. The zero-order valence-corrected chi connectivity index (χ0v) is 16.8. The van der Waals surface area contributed by atoms with Crippen LogP contribution in [0.5, 0.6) is 0 Å². The van der Waals surface area contributed by atoms with Gasteiger partial charge in [-0.05, 0) is 58.5 Å². The van der Waals surface area contributed by atoms with Crippen molar-refractivity contribution in [2.24, 2.45) is 0 Å².